The Balaban J connectivity index is 2.73. The van der Waals surface area contributed by atoms with Crippen molar-refractivity contribution in [2.45, 2.75) is 32.7 Å². The van der Waals surface area contributed by atoms with Crippen molar-refractivity contribution in [3.63, 3.8) is 0 Å². The van der Waals surface area contributed by atoms with Crippen LogP contribution in [0.2, 0.25) is 0 Å². The maximum Gasteiger partial charge on any atom is 0.319 e. The molecule has 0 aromatic heterocycles. The van der Waals surface area contributed by atoms with E-state index in [4.69, 9.17) is 5.11 Å². The van der Waals surface area contributed by atoms with Crippen LogP contribution in [-0.2, 0) is 0 Å². The first-order valence-corrected chi connectivity index (χ1v) is 6.30. The van der Waals surface area contributed by atoms with Crippen LogP contribution in [-0.4, -0.2) is 23.3 Å². The minimum atomic E-state index is -0.510. The Kier molecular flexibility index (Phi) is 5.53. The maximum absolute atomic E-state index is 13.7. The molecule has 20 heavy (non-hydrogen) atoms. The van der Waals surface area contributed by atoms with Crippen LogP contribution in [0.4, 0.5) is 14.9 Å². The van der Waals surface area contributed by atoms with Gasteiger partial charge in [-0.3, -0.25) is 0 Å². The standard InChI is InChI=1S/C15H19FN2O2/c1-15(2,3)18-14(20)17-12-8-7-11(13(16)10-12)6-4-5-9-19/h7-8,10,19H,5,9H2,1-3H3,(H2,17,18,20). The fraction of sp³-hybridized carbons (Fsp3) is 0.400. The maximum atomic E-state index is 13.7. The molecule has 0 aliphatic carbocycles. The first kappa shape index (κ1) is 16.0. The van der Waals surface area contributed by atoms with Gasteiger partial charge in [0, 0.05) is 17.6 Å². The molecule has 1 aromatic carbocycles. The molecule has 5 heteroatoms. The number of urea groups is 1. The predicted molar refractivity (Wildman–Crippen MR) is 76.9 cm³/mol. The van der Waals surface area contributed by atoms with Crippen LogP contribution in [0.15, 0.2) is 18.2 Å². The molecule has 0 bridgehead atoms. The largest absolute Gasteiger partial charge is 0.395 e. The van der Waals surface area contributed by atoms with E-state index >= 15 is 0 Å². The number of carbonyl (C=O) groups is 1. The summed E-state index contributed by atoms with van der Waals surface area (Å²) in [6.07, 6.45) is 0.299. The van der Waals surface area contributed by atoms with E-state index < -0.39 is 11.8 Å². The molecule has 0 saturated heterocycles. The fourth-order valence-corrected chi connectivity index (χ4v) is 1.41. The number of aliphatic hydroxyl groups excluding tert-OH is 1. The highest BCUT2D eigenvalue weighted by molar-refractivity contribution is 5.89. The van der Waals surface area contributed by atoms with Crippen molar-refractivity contribution in [1.29, 1.82) is 0 Å². The van der Waals surface area contributed by atoms with Crippen LogP contribution in [0, 0.1) is 17.7 Å². The van der Waals surface area contributed by atoms with Crippen molar-refractivity contribution in [1.82, 2.24) is 5.32 Å². The summed E-state index contributed by atoms with van der Waals surface area (Å²) in [5.74, 6) is 4.75. The lowest BCUT2D eigenvalue weighted by Crippen LogP contribution is -2.43. The number of nitrogens with one attached hydrogen (secondary N) is 2. The van der Waals surface area contributed by atoms with Gasteiger partial charge in [0.25, 0.3) is 0 Å². The van der Waals surface area contributed by atoms with E-state index in [1.807, 2.05) is 20.8 Å². The molecule has 0 spiro atoms. The molecule has 1 rings (SSSR count). The van der Waals surface area contributed by atoms with Crippen LogP contribution in [0.1, 0.15) is 32.8 Å². The molecule has 108 valence electrons. The number of benzene rings is 1. The normalized spacial score (nSPS) is 10.4. The summed E-state index contributed by atoms with van der Waals surface area (Å²) in [5.41, 5.74) is 0.232. The summed E-state index contributed by atoms with van der Waals surface area (Å²) in [7, 11) is 0. The van der Waals surface area contributed by atoms with Gasteiger partial charge in [0.05, 0.1) is 12.2 Å². The highest BCUT2D eigenvalue weighted by Crippen LogP contribution is 2.14. The molecule has 1 aromatic rings. The van der Waals surface area contributed by atoms with E-state index in [0.29, 0.717) is 12.1 Å². The Labute approximate surface area is 118 Å². The van der Waals surface area contributed by atoms with Crippen LogP contribution in [0.25, 0.3) is 0 Å². The number of amides is 2. The zero-order chi connectivity index (χ0) is 15.2. The second kappa shape index (κ2) is 6.92. The molecule has 0 atom stereocenters. The van der Waals surface area contributed by atoms with Crippen LogP contribution in [0.3, 0.4) is 0 Å². The second-order valence-corrected chi connectivity index (χ2v) is 5.30. The lowest BCUT2D eigenvalue weighted by atomic mass is 10.1. The van der Waals surface area contributed by atoms with Crippen LogP contribution in [0.5, 0.6) is 0 Å². The summed E-state index contributed by atoms with van der Waals surface area (Å²) in [6, 6.07) is 3.89. The Morgan fingerprint density at radius 3 is 2.65 bits per heavy atom. The molecule has 0 radical (unpaired) electrons. The van der Waals surface area contributed by atoms with Gasteiger partial charge in [-0.1, -0.05) is 11.8 Å². The molecular formula is C15H19FN2O2. The average Bonchev–Trinajstić information content (AvgIpc) is 2.29. The third kappa shape index (κ3) is 5.72. The summed E-state index contributed by atoms with van der Waals surface area (Å²) in [4.78, 5) is 11.6. The molecule has 3 N–H and O–H groups in total. The average molecular weight is 278 g/mol. The van der Waals surface area contributed by atoms with Crippen molar-refractivity contribution in [3.05, 3.63) is 29.6 Å². The number of halogens is 1. The highest BCUT2D eigenvalue weighted by Gasteiger charge is 2.13. The molecule has 0 saturated carbocycles. The number of carbonyl (C=O) groups excluding carboxylic acids is 1. The van der Waals surface area contributed by atoms with Crippen molar-refractivity contribution in [3.8, 4) is 11.8 Å². The van der Waals surface area contributed by atoms with Gasteiger partial charge in [0.1, 0.15) is 5.82 Å². The van der Waals surface area contributed by atoms with E-state index in [0.717, 1.165) is 0 Å². The Morgan fingerprint density at radius 2 is 2.10 bits per heavy atom. The second-order valence-electron chi connectivity index (χ2n) is 5.30. The molecule has 2 amide bonds. The van der Waals surface area contributed by atoms with Gasteiger partial charge in [0.15, 0.2) is 0 Å². The van der Waals surface area contributed by atoms with Crippen LogP contribution >= 0.6 is 0 Å². The zero-order valence-corrected chi connectivity index (χ0v) is 11.9. The molecule has 0 unspecified atom stereocenters. The van der Waals surface area contributed by atoms with Crippen molar-refractivity contribution < 1.29 is 14.3 Å². The van der Waals surface area contributed by atoms with Gasteiger partial charge in [-0.2, -0.15) is 0 Å². The Bertz CT molecular complexity index is 539. The summed E-state index contributed by atoms with van der Waals surface area (Å²) in [5, 5.41) is 13.9. The van der Waals surface area contributed by atoms with Gasteiger partial charge in [-0.05, 0) is 39.0 Å². The van der Waals surface area contributed by atoms with Crippen LogP contribution < -0.4 is 10.6 Å². The quantitative estimate of drug-likeness (QED) is 0.728. The predicted octanol–water partition coefficient (Wildman–Crippen LogP) is 2.48. The number of rotatable bonds is 2. The highest BCUT2D eigenvalue weighted by atomic mass is 19.1. The van der Waals surface area contributed by atoms with E-state index in [9.17, 15) is 9.18 Å². The lowest BCUT2D eigenvalue weighted by molar-refractivity contribution is 0.244. The molecule has 0 fully saturated rings. The third-order valence-electron chi connectivity index (χ3n) is 2.18. The number of anilines is 1. The van der Waals surface area contributed by atoms with Crippen molar-refractivity contribution in [2.75, 3.05) is 11.9 Å². The first-order valence-electron chi connectivity index (χ1n) is 6.30. The Hall–Kier alpha value is -2.06. The van der Waals surface area contributed by atoms with Crippen molar-refractivity contribution >= 4 is 11.7 Å². The minimum Gasteiger partial charge on any atom is -0.395 e. The smallest absolute Gasteiger partial charge is 0.319 e. The van der Waals surface area contributed by atoms with Gasteiger partial charge in [-0.15, -0.1) is 0 Å². The fourth-order valence-electron chi connectivity index (χ4n) is 1.41. The topological polar surface area (TPSA) is 61.4 Å². The SMILES string of the molecule is CC(C)(C)NC(=O)Nc1ccc(C#CCCO)c(F)c1. The number of hydrogen-bond acceptors (Lipinski definition) is 2. The zero-order valence-electron chi connectivity index (χ0n) is 11.9. The molecule has 0 aliphatic heterocycles. The molecular weight excluding hydrogens is 259 g/mol. The van der Waals surface area contributed by atoms with Crippen molar-refractivity contribution in [2.24, 2.45) is 0 Å². The monoisotopic (exact) mass is 278 g/mol. The summed E-state index contributed by atoms with van der Waals surface area (Å²) < 4.78 is 13.7. The van der Waals surface area contributed by atoms with E-state index in [1.54, 1.807) is 6.07 Å². The molecule has 4 nitrogen and oxygen atoms in total. The molecule has 0 aliphatic rings. The number of aliphatic hydroxyl groups is 1. The number of hydrogen-bond donors (Lipinski definition) is 3. The van der Waals surface area contributed by atoms with Gasteiger partial charge in [-0.25, -0.2) is 9.18 Å². The lowest BCUT2D eigenvalue weighted by Gasteiger charge is -2.20. The summed E-state index contributed by atoms with van der Waals surface area (Å²) >= 11 is 0. The molecule has 0 heterocycles. The first-order chi connectivity index (χ1) is 9.31. The minimum absolute atomic E-state index is 0.0543. The van der Waals surface area contributed by atoms with Gasteiger partial charge >= 0.3 is 6.03 Å². The van der Waals surface area contributed by atoms with E-state index in [-0.39, 0.29) is 17.7 Å². The summed E-state index contributed by atoms with van der Waals surface area (Å²) in [6.45, 7) is 5.51. The van der Waals surface area contributed by atoms with Gasteiger partial charge in [0.2, 0.25) is 0 Å². The van der Waals surface area contributed by atoms with Gasteiger partial charge < -0.3 is 15.7 Å². The van der Waals surface area contributed by atoms with E-state index in [1.165, 1.54) is 12.1 Å². The van der Waals surface area contributed by atoms with E-state index in [2.05, 4.69) is 22.5 Å². The third-order valence-corrected chi connectivity index (χ3v) is 2.18. The Morgan fingerprint density at radius 1 is 1.40 bits per heavy atom.